The summed E-state index contributed by atoms with van der Waals surface area (Å²) in [5.41, 5.74) is 8.44. The summed E-state index contributed by atoms with van der Waals surface area (Å²) in [6.45, 7) is 8.27. The molecule has 210 valence electrons. The van der Waals surface area contributed by atoms with Crippen molar-refractivity contribution in [1.82, 2.24) is 0 Å². The fourth-order valence-corrected chi connectivity index (χ4v) is 6.83. The summed E-state index contributed by atoms with van der Waals surface area (Å²) in [6.07, 6.45) is 0. The third-order valence-electron chi connectivity index (χ3n) is 9.60. The van der Waals surface area contributed by atoms with Crippen LogP contribution in [0, 0.1) is 11.6 Å². The molecule has 0 atom stereocenters. The smallest absolute Gasteiger partial charge is 0.399 e. The molecule has 1 saturated heterocycles. The fourth-order valence-electron chi connectivity index (χ4n) is 6.83. The monoisotopic (exact) mass is 566 g/mol. The van der Waals surface area contributed by atoms with Gasteiger partial charge in [-0.05, 0) is 123 Å². The molecular formula is C38H29BF2O2. The average molecular weight is 566 g/mol. The maximum atomic E-state index is 14.2. The highest BCUT2D eigenvalue weighted by atomic mass is 19.1. The lowest BCUT2D eigenvalue weighted by molar-refractivity contribution is 0.00578. The van der Waals surface area contributed by atoms with Gasteiger partial charge >= 0.3 is 7.12 Å². The normalized spacial score (nSPS) is 16.3. The van der Waals surface area contributed by atoms with Gasteiger partial charge in [0.2, 0.25) is 0 Å². The van der Waals surface area contributed by atoms with Gasteiger partial charge in [-0.3, -0.25) is 0 Å². The molecule has 0 radical (unpaired) electrons. The van der Waals surface area contributed by atoms with Gasteiger partial charge in [0.25, 0.3) is 0 Å². The summed E-state index contributed by atoms with van der Waals surface area (Å²) in [6, 6.07) is 32.5. The van der Waals surface area contributed by atoms with Crippen LogP contribution in [0.3, 0.4) is 0 Å². The van der Waals surface area contributed by atoms with E-state index in [2.05, 4.69) is 70.2 Å². The summed E-state index contributed by atoms with van der Waals surface area (Å²) in [7, 11) is -0.509. The molecule has 8 rings (SSSR count). The Bertz CT molecular complexity index is 1980. The molecule has 0 aromatic heterocycles. The SMILES string of the molecule is CC1(C)OB(c2ccc3c4c(cccc24)-c2c-3c(-c3ccc(F)cc3)c3ccccc3c2-c2ccc(F)cc2)OC1(C)C. The number of rotatable bonds is 3. The molecule has 6 aromatic carbocycles. The second kappa shape index (κ2) is 9.09. The largest absolute Gasteiger partial charge is 0.495 e. The van der Waals surface area contributed by atoms with E-state index in [-0.39, 0.29) is 11.6 Å². The van der Waals surface area contributed by atoms with Crippen LogP contribution in [0.5, 0.6) is 0 Å². The van der Waals surface area contributed by atoms with Gasteiger partial charge in [-0.15, -0.1) is 0 Å². The van der Waals surface area contributed by atoms with Crippen LogP contribution in [0.15, 0.2) is 103 Å². The Balaban J connectivity index is 1.49. The lowest BCUT2D eigenvalue weighted by Gasteiger charge is -2.32. The van der Waals surface area contributed by atoms with E-state index in [1.165, 1.54) is 24.3 Å². The first-order valence-corrected chi connectivity index (χ1v) is 14.7. The highest BCUT2D eigenvalue weighted by Crippen LogP contribution is 2.57. The lowest BCUT2D eigenvalue weighted by Crippen LogP contribution is -2.41. The van der Waals surface area contributed by atoms with Gasteiger partial charge in [0, 0.05) is 0 Å². The van der Waals surface area contributed by atoms with E-state index in [1.54, 1.807) is 0 Å². The minimum absolute atomic E-state index is 0.273. The molecule has 0 unspecified atom stereocenters. The number of hydrogen-bond acceptors (Lipinski definition) is 2. The van der Waals surface area contributed by atoms with E-state index >= 15 is 0 Å². The third-order valence-corrected chi connectivity index (χ3v) is 9.60. The van der Waals surface area contributed by atoms with Crippen molar-refractivity contribution in [2.45, 2.75) is 38.9 Å². The van der Waals surface area contributed by atoms with E-state index in [0.717, 1.165) is 71.5 Å². The second-order valence-corrected chi connectivity index (χ2v) is 12.6. The zero-order valence-corrected chi connectivity index (χ0v) is 24.5. The van der Waals surface area contributed by atoms with Crippen molar-refractivity contribution in [2.24, 2.45) is 0 Å². The molecule has 1 aliphatic heterocycles. The molecule has 1 fully saturated rings. The van der Waals surface area contributed by atoms with Crippen LogP contribution in [0.4, 0.5) is 8.78 Å². The summed E-state index contributed by atoms with van der Waals surface area (Å²) in [4.78, 5) is 0. The van der Waals surface area contributed by atoms with Crippen LogP contribution in [0.2, 0.25) is 0 Å². The third kappa shape index (κ3) is 3.78. The zero-order valence-electron chi connectivity index (χ0n) is 24.5. The minimum Gasteiger partial charge on any atom is -0.399 e. The van der Waals surface area contributed by atoms with Crippen LogP contribution in [-0.2, 0) is 9.31 Å². The first-order valence-electron chi connectivity index (χ1n) is 14.7. The Labute approximate surface area is 250 Å². The maximum Gasteiger partial charge on any atom is 0.495 e. The van der Waals surface area contributed by atoms with E-state index in [4.69, 9.17) is 9.31 Å². The molecule has 2 nitrogen and oxygen atoms in total. The molecule has 6 aromatic rings. The van der Waals surface area contributed by atoms with E-state index < -0.39 is 18.3 Å². The van der Waals surface area contributed by atoms with E-state index in [0.29, 0.717) is 0 Å². The lowest BCUT2D eigenvalue weighted by atomic mass is 9.75. The Hall–Kier alpha value is -4.32. The molecule has 0 bridgehead atoms. The number of halogens is 2. The zero-order chi connectivity index (χ0) is 29.7. The molecular weight excluding hydrogens is 537 g/mol. The molecule has 1 aliphatic carbocycles. The van der Waals surface area contributed by atoms with Crippen LogP contribution >= 0.6 is 0 Å². The molecule has 1 heterocycles. The van der Waals surface area contributed by atoms with Gasteiger partial charge in [-0.25, -0.2) is 8.78 Å². The predicted octanol–water partition coefficient (Wildman–Crippen LogP) is 9.55. The first-order chi connectivity index (χ1) is 20.6. The number of benzene rings is 6. The van der Waals surface area contributed by atoms with Gasteiger partial charge in [0.15, 0.2) is 0 Å². The van der Waals surface area contributed by atoms with Crippen LogP contribution in [0.1, 0.15) is 27.7 Å². The maximum absolute atomic E-state index is 14.2. The second-order valence-electron chi connectivity index (χ2n) is 12.6. The molecule has 43 heavy (non-hydrogen) atoms. The average Bonchev–Trinajstić information content (AvgIpc) is 3.43. The molecule has 5 heteroatoms. The van der Waals surface area contributed by atoms with Crippen molar-refractivity contribution in [3.63, 3.8) is 0 Å². The molecule has 2 aliphatic rings. The Morgan fingerprint density at radius 1 is 0.488 bits per heavy atom. The number of hydrogen-bond donors (Lipinski definition) is 0. The van der Waals surface area contributed by atoms with Gasteiger partial charge in [-0.2, -0.15) is 0 Å². The molecule has 0 N–H and O–H groups in total. The topological polar surface area (TPSA) is 18.5 Å². The quantitative estimate of drug-likeness (QED) is 0.198. The van der Waals surface area contributed by atoms with Crippen LogP contribution in [-0.4, -0.2) is 18.3 Å². The van der Waals surface area contributed by atoms with Crippen molar-refractivity contribution in [1.29, 1.82) is 0 Å². The standard InChI is InChI=1S/C38H29BF2O2/c1-37(2)38(3,4)43-39(42-37)31-21-20-30-34-28(31)10-7-11-29(34)35-32(22-12-16-24(40)17-13-22)26-8-5-6-9-27(26)33(36(30)35)23-14-18-25(41)19-15-23/h5-21H,1-4H3. The minimum atomic E-state index is -0.509. The van der Waals surface area contributed by atoms with Crippen molar-refractivity contribution in [3.05, 3.63) is 115 Å². The van der Waals surface area contributed by atoms with Gasteiger partial charge in [-0.1, -0.05) is 78.9 Å². The van der Waals surface area contributed by atoms with Crippen LogP contribution in [0.25, 0.3) is 66.1 Å². The Kier molecular flexibility index (Phi) is 5.57. The summed E-state index contributed by atoms with van der Waals surface area (Å²) in [5, 5.41) is 4.32. The summed E-state index contributed by atoms with van der Waals surface area (Å²) < 4.78 is 41.3. The molecule has 0 amide bonds. The van der Waals surface area contributed by atoms with Gasteiger partial charge in [0.05, 0.1) is 11.2 Å². The summed E-state index contributed by atoms with van der Waals surface area (Å²) >= 11 is 0. The fraction of sp³-hybridized carbons (Fsp3) is 0.158. The van der Waals surface area contributed by atoms with Crippen molar-refractivity contribution in [2.75, 3.05) is 0 Å². The van der Waals surface area contributed by atoms with Crippen molar-refractivity contribution >= 4 is 34.1 Å². The van der Waals surface area contributed by atoms with Gasteiger partial charge < -0.3 is 9.31 Å². The molecule has 0 saturated carbocycles. The number of fused-ring (bicyclic) bond motifs is 4. The highest BCUT2D eigenvalue weighted by Gasteiger charge is 2.52. The Morgan fingerprint density at radius 2 is 0.953 bits per heavy atom. The first kappa shape index (κ1) is 26.3. The Morgan fingerprint density at radius 3 is 1.47 bits per heavy atom. The van der Waals surface area contributed by atoms with Gasteiger partial charge in [0.1, 0.15) is 11.6 Å². The predicted molar refractivity (Wildman–Crippen MR) is 172 cm³/mol. The van der Waals surface area contributed by atoms with E-state index in [9.17, 15) is 8.78 Å². The van der Waals surface area contributed by atoms with Crippen LogP contribution < -0.4 is 5.46 Å². The van der Waals surface area contributed by atoms with E-state index in [1.807, 2.05) is 36.4 Å². The highest BCUT2D eigenvalue weighted by molar-refractivity contribution is 6.65. The van der Waals surface area contributed by atoms with Crippen molar-refractivity contribution < 1.29 is 18.1 Å². The molecule has 0 spiro atoms. The van der Waals surface area contributed by atoms with Crippen molar-refractivity contribution in [3.8, 4) is 44.5 Å². The summed E-state index contributed by atoms with van der Waals surface area (Å²) in [5.74, 6) is -0.546.